The number of ether oxygens (including phenoxy) is 1. The van der Waals surface area contributed by atoms with E-state index in [0.29, 0.717) is 35.0 Å². The largest absolute Gasteiger partial charge is 0.439 e. The second-order valence-corrected chi connectivity index (χ2v) is 12.8. The van der Waals surface area contributed by atoms with Gasteiger partial charge in [0.25, 0.3) is 0 Å². The van der Waals surface area contributed by atoms with E-state index in [-0.39, 0.29) is 11.9 Å². The van der Waals surface area contributed by atoms with Crippen LogP contribution in [0.1, 0.15) is 51.9 Å². The van der Waals surface area contributed by atoms with Crippen molar-refractivity contribution in [3.63, 3.8) is 0 Å². The molecular formula is C30H37ClN8O3. The van der Waals surface area contributed by atoms with Crippen LogP contribution in [0.2, 0.25) is 5.02 Å². The Morgan fingerprint density at radius 3 is 2.71 bits per heavy atom. The molecule has 4 aromatic heterocycles. The second kappa shape index (κ2) is 11.0. The second-order valence-electron chi connectivity index (χ2n) is 12.3. The number of pyridine rings is 2. The van der Waals surface area contributed by atoms with E-state index in [0.717, 1.165) is 66.6 Å². The van der Waals surface area contributed by atoms with Gasteiger partial charge in [0, 0.05) is 38.9 Å². The molecule has 2 atom stereocenters. The summed E-state index contributed by atoms with van der Waals surface area (Å²) in [4.78, 5) is 34.1. The fraction of sp³-hybridized carbons (Fsp3) is 0.567. The first-order valence-electron chi connectivity index (χ1n) is 15.0. The zero-order chi connectivity index (χ0) is 29.0. The van der Waals surface area contributed by atoms with Crippen LogP contribution < -0.4 is 15.6 Å². The number of H-pyrrole nitrogens is 1. The van der Waals surface area contributed by atoms with E-state index in [1.807, 2.05) is 31.1 Å². The third-order valence-electron chi connectivity index (χ3n) is 9.21. The summed E-state index contributed by atoms with van der Waals surface area (Å²) >= 11 is 6.55. The van der Waals surface area contributed by atoms with Crippen molar-refractivity contribution in [2.45, 2.75) is 70.6 Å². The van der Waals surface area contributed by atoms with Crippen molar-refractivity contribution in [1.29, 1.82) is 0 Å². The van der Waals surface area contributed by atoms with E-state index in [1.54, 1.807) is 6.20 Å². The van der Waals surface area contributed by atoms with Crippen LogP contribution in [0.15, 0.2) is 27.6 Å². The standard InChI is InChI=1S/C30H37ClN8O3/c1-17-7-9-18(10-8-17)16-39-26-21(34-29(39)38-11-12-41-24-6-4-5-23(24)38)14-22(27-35-30(40)42-36-27)33-25(26)20-13-19(31)15-32-28(20)37(2)3/h13-15,17-18,23-24H,4-12,16H2,1-3H3,(H,35,36,40)/t17-,18-,23-,24-/m0/s1. The normalized spacial score (nSPS) is 24.3. The lowest BCUT2D eigenvalue weighted by Gasteiger charge is -2.39. The van der Waals surface area contributed by atoms with E-state index in [2.05, 4.69) is 31.5 Å². The Bertz CT molecular complexity index is 1650. The molecule has 11 nitrogen and oxygen atoms in total. The first-order chi connectivity index (χ1) is 20.4. The van der Waals surface area contributed by atoms with Crippen molar-refractivity contribution in [2.24, 2.45) is 11.8 Å². The number of rotatable bonds is 6. The molecule has 2 saturated carbocycles. The maximum Gasteiger partial charge on any atom is 0.439 e. The predicted molar refractivity (Wildman–Crippen MR) is 162 cm³/mol. The molecule has 5 heterocycles. The fourth-order valence-corrected chi connectivity index (χ4v) is 7.25. The minimum absolute atomic E-state index is 0.230. The summed E-state index contributed by atoms with van der Waals surface area (Å²) in [5.74, 6) is 2.63. The summed E-state index contributed by atoms with van der Waals surface area (Å²) in [5, 5.41) is 4.46. The van der Waals surface area contributed by atoms with Crippen LogP contribution in [0.4, 0.5) is 11.8 Å². The van der Waals surface area contributed by atoms with Crippen LogP contribution in [0.5, 0.6) is 0 Å². The van der Waals surface area contributed by atoms with Crippen molar-refractivity contribution in [1.82, 2.24) is 29.7 Å². The van der Waals surface area contributed by atoms with E-state index in [4.69, 9.17) is 30.8 Å². The molecule has 1 N–H and O–H groups in total. The predicted octanol–water partition coefficient (Wildman–Crippen LogP) is 5.14. The number of aromatic nitrogens is 6. The third kappa shape index (κ3) is 4.96. The summed E-state index contributed by atoms with van der Waals surface area (Å²) in [6.45, 7) is 4.69. The molecule has 2 aliphatic carbocycles. The molecule has 7 rings (SSSR count). The molecule has 3 aliphatic rings. The molecule has 0 amide bonds. The summed E-state index contributed by atoms with van der Waals surface area (Å²) in [6.07, 6.45) is 10.1. The molecule has 0 spiro atoms. The number of hydrogen-bond acceptors (Lipinski definition) is 9. The monoisotopic (exact) mass is 592 g/mol. The number of fused-ring (bicyclic) bond motifs is 2. The van der Waals surface area contributed by atoms with Gasteiger partial charge in [-0.05, 0) is 56.1 Å². The number of anilines is 2. The Balaban J connectivity index is 1.48. The number of aromatic amines is 1. The van der Waals surface area contributed by atoms with Gasteiger partial charge in [0.05, 0.1) is 34.8 Å². The topological polar surface area (TPSA) is 118 Å². The summed E-state index contributed by atoms with van der Waals surface area (Å²) in [5.41, 5.74) is 3.67. The average molecular weight is 593 g/mol. The lowest BCUT2D eigenvalue weighted by molar-refractivity contribution is 0.0247. The van der Waals surface area contributed by atoms with Crippen molar-refractivity contribution in [2.75, 3.05) is 37.0 Å². The van der Waals surface area contributed by atoms with Gasteiger partial charge in [-0.3, -0.25) is 9.51 Å². The van der Waals surface area contributed by atoms with Crippen molar-refractivity contribution >= 4 is 34.4 Å². The third-order valence-corrected chi connectivity index (χ3v) is 9.42. The summed E-state index contributed by atoms with van der Waals surface area (Å²) in [6, 6.07) is 4.10. The molecule has 4 aromatic rings. The highest BCUT2D eigenvalue weighted by Crippen LogP contribution is 2.41. The summed E-state index contributed by atoms with van der Waals surface area (Å²) in [7, 11) is 3.91. The quantitative estimate of drug-likeness (QED) is 0.324. The number of halogens is 1. The van der Waals surface area contributed by atoms with Gasteiger partial charge in [-0.25, -0.2) is 19.7 Å². The fourth-order valence-electron chi connectivity index (χ4n) is 7.09. The number of nitrogens with zero attached hydrogens (tertiary/aromatic N) is 7. The van der Waals surface area contributed by atoms with Crippen molar-refractivity contribution in [3.8, 4) is 22.8 Å². The molecule has 0 aromatic carbocycles. The van der Waals surface area contributed by atoms with E-state index in [9.17, 15) is 4.79 Å². The van der Waals surface area contributed by atoms with E-state index < -0.39 is 5.76 Å². The average Bonchev–Trinajstić information content (AvgIpc) is 3.72. The minimum atomic E-state index is -0.634. The number of morpholine rings is 1. The molecule has 0 radical (unpaired) electrons. The maximum absolute atomic E-state index is 11.9. The molecule has 1 aliphatic heterocycles. The molecule has 3 fully saturated rings. The van der Waals surface area contributed by atoms with Crippen molar-refractivity contribution < 1.29 is 9.26 Å². The Labute approximate surface area is 249 Å². The van der Waals surface area contributed by atoms with Crippen LogP contribution >= 0.6 is 11.6 Å². The molecule has 0 bridgehead atoms. The zero-order valence-electron chi connectivity index (χ0n) is 24.3. The molecular weight excluding hydrogens is 556 g/mol. The number of nitrogens with one attached hydrogen (secondary N) is 1. The lowest BCUT2D eigenvalue weighted by Crippen LogP contribution is -2.49. The first kappa shape index (κ1) is 27.4. The van der Waals surface area contributed by atoms with Gasteiger partial charge in [0.1, 0.15) is 17.2 Å². The summed E-state index contributed by atoms with van der Waals surface area (Å²) < 4.78 is 13.4. The van der Waals surface area contributed by atoms with Gasteiger partial charge in [0.2, 0.25) is 11.8 Å². The Kier molecular flexibility index (Phi) is 7.17. The van der Waals surface area contributed by atoms with Crippen LogP contribution in [-0.4, -0.2) is 69.1 Å². The Hall–Kier alpha value is -3.44. The van der Waals surface area contributed by atoms with Crippen LogP contribution in [-0.2, 0) is 11.3 Å². The molecule has 12 heteroatoms. The zero-order valence-corrected chi connectivity index (χ0v) is 25.1. The van der Waals surface area contributed by atoms with Gasteiger partial charge < -0.3 is 19.1 Å². The van der Waals surface area contributed by atoms with Gasteiger partial charge in [-0.2, -0.15) is 0 Å². The SMILES string of the molecule is CN(C)c1ncc(Cl)cc1-c1nc(-c2noc(=O)[nH]2)cc2nc(N3CCO[C@H]4CCC[C@@H]43)n(C[C@H]3CC[C@H](C)CC3)c12. The highest BCUT2D eigenvalue weighted by molar-refractivity contribution is 6.30. The van der Waals surface area contributed by atoms with Gasteiger partial charge in [0.15, 0.2) is 0 Å². The van der Waals surface area contributed by atoms with Crippen LogP contribution in [0.3, 0.4) is 0 Å². The highest BCUT2D eigenvalue weighted by atomic mass is 35.5. The van der Waals surface area contributed by atoms with E-state index in [1.165, 1.54) is 25.7 Å². The van der Waals surface area contributed by atoms with E-state index >= 15 is 0 Å². The van der Waals surface area contributed by atoms with Crippen LogP contribution in [0.25, 0.3) is 33.8 Å². The lowest BCUT2D eigenvalue weighted by atomic mass is 9.83. The van der Waals surface area contributed by atoms with Gasteiger partial charge in [-0.15, -0.1) is 0 Å². The number of hydrogen-bond donors (Lipinski definition) is 1. The molecule has 0 unspecified atom stereocenters. The first-order valence-corrected chi connectivity index (χ1v) is 15.4. The number of imidazole rings is 1. The van der Waals surface area contributed by atoms with Crippen molar-refractivity contribution in [3.05, 3.63) is 33.9 Å². The Morgan fingerprint density at radius 2 is 1.95 bits per heavy atom. The van der Waals surface area contributed by atoms with Crippen LogP contribution in [0, 0.1) is 11.8 Å². The molecule has 42 heavy (non-hydrogen) atoms. The molecule has 222 valence electrons. The van der Waals surface area contributed by atoms with Gasteiger partial charge >= 0.3 is 5.76 Å². The minimum Gasteiger partial charge on any atom is -0.374 e. The highest BCUT2D eigenvalue weighted by Gasteiger charge is 2.39. The Morgan fingerprint density at radius 1 is 1.12 bits per heavy atom. The molecule has 1 saturated heterocycles. The van der Waals surface area contributed by atoms with Gasteiger partial charge in [-0.1, -0.05) is 36.5 Å². The maximum atomic E-state index is 11.9. The smallest absolute Gasteiger partial charge is 0.374 e.